The predicted molar refractivity (Wildman–Crippen MR) is 77.4 cm³/mol. The lowest BCUT2D eigenvalue weighted by atomic mass is 9.78. The molecule has 3 N–H and O–H groups in total. The van der Waals surface area contributed by atoms with Crippen molar-refractivity contribution in [3.63, 3.8) is 0 Å². The van der Waals surface area contributed by atoms with Crippen LogP contribution >= 0.6 is 0 Å². The molecule has 2 rings (SSSR count). The molecule has 6 nitrogen and oxygen atoms in total. The molecule has 1 heterocycles. The maximum atomic E-state index is 12.5. The molecule has 1 saturated heterocycles. The molecule has 1 aliphatic rings. The van der Waals surface area contributed by atoms with E-state index in [0.29, 0.717) is 0 Å². The van der Waals surface area contributed by atoms with Crippen LogP contribution in [0.3, 0.4) is 0 Å². The molecule has 0 aliphatic carbocycles. The maximum Gasteiger partial charge on any atom is 0.233 e. The Labute approximate surface area is 123 Å². The maximum absolute atomic E-state index is 12.5. The second-order valence-electron chi connectivity index (χ2n) is 5.08. The molecule has 0 radical (unpaired) electrons. The molecule has 112 valence electrons. The second kappa shape index (κ2) is 6.39. The average molecular weight is 289 g/mol. The number of rotatable bonds is 5. The zero-order chi connectivity index (χ0) is 15.3. The Morgan fingerprint density at radius 2 is 2.00 bits per heavy atom. The van der Waals surface area contributed by atoms with Gasteiger partial charge in [0, 0.05) is 33.0 Å². The fourth-order valence-electron chi connectivity index (χ4n) is 2.49. The minimum atomic E-state index is -0.888. The highest BCUT2D eigenvalue weighted by molar-refractivity contribution is 5.97. The van der Waals surface area contributed by atoms with Crippen LogP contribution in [0.2, 0.25) is 0 Å². The van der Waals surface area contributed by atoms with E-state index in [-0.39, 0.29) is 43.7 Å². The first-order valence-corrected chi connectivity index (χ1v) is 6.89. The Morgan fingerprint density at radius 1 is 1.29 bits per heavy atom. The molecule has 1 fully saturated rings. The van der Waals surface area contributed by atoms with E-state index in [0.717, 1.165) is 5.56 Å². The monoisotopic (exact) mass is 289 g/mol. The number of benzene rings is 1. The Bertz CT molecular complexity index is 544. The van der Waals surface area contributed by atoms with Crippen LogP contribution in [0.1, 0.15) is 18.4 Å². The van der Waals surface area contributed by atoms with Crippen LogP contribution in [0.5, 0.6) is 0 Å². The van der Waals surface area contributed by atoms with E-state index in [1.165, 1.54) is 0 Å². The molecule has 1 atom stereocenters. The number of amides is 3. The molecule has 0 bridgehead atoms. The van der Waals surface area contributed by atoms with Crippen molar-refractivity contribution in [2.75, 3.05) is 20.1 Å². The predicted octanol–water partition coefficient (Wildman–Crippen LogP) is -0.303. The molecule has 0 spiro atoms. The largest absolute Gasteiger partial charge is 0.359 e. The van der Waals surface area contributed by atoms with Crippen LogP contribution in [0, 0.1) is 0 Å². The first kappa shape index (κ1) is 15.0. The van der Waals surface area contributed by atoms with Crippen LogP contribution in [0.25, 0.3) is 0 Å². The van der Waals surface area contributed by atoms with E-state index in [9.17, 15) is 14.4 Å². The van der Waals surface area contributed by atoms with Crippen LogP contribution in [0.4, 0.5) is 0 Å². The average Bonchev–Trinajstić information content (AvgIpc) is 2.91. The van der Waals surface area contributed by atoms with Gasteiger partial charge in [-0.2, -0.15) is 0 Å². The third kappa shape index (κ3) is 3.21. The van der Waals surface area contributed by atoms with Crippen molar-refractivity contribution < 1.29 is 14.4 Å². The molecular weight excluding hydrogens is 270 g/mol. The van der Waals surface area contributed by atoms with Gasteiger partial charge < -0.3 is 16.0 Å². The van der Waals surface area contributed by atoms with Crippen molar-refractivity contribution in [2.24, 2.45) is 0 Å². The summed E-state index contributed by atoms with van der Waals surface area (Å²) in [4.78, 5) is 35.3. The smallest absolute Gasteiger partial charge is 0.233 e. The van der Waals surface area contributed by atoms with E-state index in [1.54, 1.807) is 7.05 Å². The lowest BCUT2D eigenvalue weighted by molar-refractivity contribution is -0.128. The van der Waals surface area contributed by atoms with Crippen LogP contribution in [-0.2, 0) is 19.8 Å². The van der Waals surface area contributed by atoms with Gasteiger partial charge in [-0.25, -0.2) is 0 Å². The summed E-state index contributed by atoms with van der Waals surface area (Å²) in [6, 6.07) is 9.25. The molecule has 3 amide bonds. The Kier molecular flexibility index (Phi) is 4.57. The number of carbonyl (C=O) groups excluding carboxylic acids is 3. The van der Waals surface area contributed by atoms with Crippen molar-refractivity contribution >= 4 is 17.7 Å². The lowest BCUT2D eigenvalue weighted by Gasteiger charge is -2.26. The molecule has 0 aromatic heterocycles. The van der Waals surface area contributed by atoms with Crippen LogP contribution < -0.4 is 16.0 Å². The van der Waals surface area contributed by atoms with Crippen molar-refractivity contribution in [3.8, 4) is 0 Å². The highest BCUT2D eigenvalue weighted by atomic mass is 16.2. The summed E-state index contributed by atoms with van der Waals surface area (Å²) in [5.74, 6) is -0.499. The highest BCUT2D eigenvalue weighted by Crippen LogP contribution is 2.31. The third-order valence-electron chi connectivity index (χ3n) is 3.73. The van der Waals surface area contributed by atoms with Gasteiger partial charge in [0.1, 0.15) is 0 Å². The lowest BCUT2D eigenvalue weighted by Crippen LogP contribution is -2.46. The minimum absolute atomic E-state index is 0.128. The highest BCUT2D eigenvalue weighted by Gasteiger charge is 2.46. The zero-order valence-electron chi connectivity index (χ0n) is 11.9. The Morgan fingerprint density at radius 3 is 2.57 bits per heavy atom. The van der Waals surface area contributed by atoms with E-state index in [2.05, 4.69) is 16.0 Å². The summed E-state index contributed by atoms with van der Waals surface area (Å²) in [6.07, 6.45) is 0.345. The third-order valence-corrected chi connectivity index (χ3v) is 3.73. The SMILES string of the molecule is CNC(=O)CCNC(=O)C1(c2ccccc2)CNC(=O)C1. The topological polar surface area (TPSA) is 87.3 Å². The molecule has 1 aliphatic heterocycles. The first-order valence-electron chi connectivity index (χ1n) is 6.89. The van der Waals surface area contributed by atoms with Crippen LogP contribution in [0.15, 0.2) is 30.3 Å². The van der Waals surface area contributed by atoms with Gasteiger partial charge in [-0.1, -0.05) is 30.3 Å². The number of hydrogen-bond donors (Lipinski definition) is 3. The summed E-state index contributed by atoms with van der Waals surface area (Å²) >= 11 is 0. The van der Waals surface area contributed by atoms with Crippen molar-refractivity contribution in [2.45, 2.75) is 18.3 Å². The van der Waals surface area contributed by atoms with Crippen LogP contribution in [-0.4, -0.2) is 37.9 Å². The summed E-state index contributed by atoms with van der Waals surface area (Å²) in [5.41, 5.74) is -0.0816. The van der Waals surface area contributed by atoms with Gasteiger partial charge >= 0.3 is 0 Å². The van der Waals surface area contributed by atoms with Gasteiger partial charge in [0.05, 0.1) is 5.41 Å². The Hall–Kier alpha value is -2.37. The van der Waals surface area contributed by atoms with Gasteiger partial charge in [-0.15, -0.1) is 0 Å². The molecule has 21 heavy (non-hydrogen) atoms. The fourth-order valence-corrected chi connectivity index (χ4v) is 2.49. The molecule has 0 saturated carbocycles. The van der Waals surface area contributed by atoms with Crippen molar-refractivity contribution in [1.82, 2.24) is 16.0 Å². The van der Waals surface area contributed by atoms with E-state index < -0.39 is 5.41 Å². The fraction of sp³-hybridized carbons (Fsp3) is 0.400. The summed E-state index contributed by atoms with van der Waals surface area (Å²) < 4.78 is 0. The van der Waals surface area contributed by atoms with Gasteiger partial charge in [0.25, 0.3) is 0 Å². The zero-order valence-corrected chi connectivity index (χ0v) is 11.9. The number of hydrogen-bond acceptors (Lipinski definition) is 3. The molecule has 6 heteroatoms. The number of carbonyl (C=O) groups is 3. The van der Waals surface area contributed by atoms with Gasteiger partial charge in [0.2, 0.25) is 17.7 Å². The molecule has 1 aromatic rings. The van der Waals surface area contributed by atoms with Gasteiger partial charge in [-0.3, -0.25) is 14.4 Å². The standard InChI is InChI=1S/C15H19N3O3/c1-16-12(19)7-8-17-14(21)15(9-13(20)18-10-15)11-5-3-2-4-6-11/h2-6H,7-10H2,1H3,(H,16,19)(H,17,21)(H,18,20). The van der Waals surface area contributed by atoms with E-state index in [4.69, 9.17) is 0 Å². The quantitative estimate of drug-likeness (QED) is 0.695. The summed E-state index contributed by atoms with van der Waals surface area (Å²) in [5, 5.41) is 7.98. The van der Waals surface area contributed by atoms with Gasteiger partial charge in [-0.05, 0) is 5.56 Å². The van der Waals surface area contributed by atoms with Crippen molar-refractivity contribution in [3.05, 3.63) is 35.9 Å². The Balaban J connectivity index is 2.12. The molecule has 1 aromatic carbocycles. The summed E-state index contributed by atoms with van der Waals surface area (Å²) in [7, 11) is 1.55. The van der Waals surface area contributed by atoms with E-state index in [1.807, 2.05) is 30.3 Å². The number of nitrogens with one attached hydrogen (secondary N) is 3. The normalized spacial score (nSPS) is 20.7. The van der Waals surface area contributed by atoms with E-state index >= 15 is 0 Å². The summed E-state index contributed by atoms with van der Waals surface area (Å²) in [6.45, 7) is 0.531. The first-order chi connectivity index (χ1) is 10.1. The second-order valence-corrected chi connectivity index (χ2v) is 5.08. The molecular formula is C15H19N3O3. The molecule has 1 unspecified atom stereocenters. The minimum Gasteiger partial charge on any atom is -0.359 e. The van der Waals surface area contributed by atoms with Gasteiger partial charge in [0.15, 0.2) is 0 Å². The van der Waals surface area contributed by atoms with Crippen molar-refractivity contribution in [1.29, 1.82) is 0 Å².